The van der Waals surface area contributed by atoms with Crippen molar-refractivity contribution >= 4 is 66.5 Å². The number of esters is 1. The van der Waals surface area contributed by atoms with E-state index in [1.807, 2.05) is 0 Å². The number of anilines is 2. The highest BCUT2D eigenvalue weighted by Gasteiger charge is 2.24. The van der Waals surface area contributed by atoms with Crippen LogP contribution in [0.3, 0.4) is 0 Å². The first-order valence-corrected chi connectivity index (χ1v) is 9.44. The molecule has 0 radical (unpaired) electrons. The first kappa shape index (κ1) is 20.6. The Kier molecular flexibility index (Phi) is 6.94. The molecule has 0 aromatic heterocycles. The second-order valence-corrected chi connectivity index (χ2v) is 7.33. The lowest BCUT2D eigenvalue weighted by molar-refractivity contribution is -0.138. The number of nitrogens with zero attached hydrogens (tertiary/aromatic N) is 1. The minimum atomic E-state index is -0.675. The van der Waals surface area contributed by atoms with E-state index >= 15 is 0 Å². The Morgan fingerprint density at radius 1 is 1.23 bits per heavy atom. The van der Waals surface area contributed by atoms with Crippen molar-refractivity contribution in [3.05, 3.63) is 61.6 Å². The van der Waals surface area contributed by atoms with Crippen LogP contribution in [0.25, 0.3) is 5.70 Å². The van der Waals surface area contributed by atoms with Crippen LogP contribution >= 0.6 is 43.5 Å². The van der Waals surface area contributed by atoms with Gasteiger partial charge in [0.2, 0.25) is 0 Å². The van der Waals surface area contributed by atoms with Gasteiger partial charge in [0, 0.05) is 19.5 Å². The molecule has 6 nitrogen and oxygen atoms in total. The number of benzene rings is 2. The molecule has 0 saturated heterocycles. The summed E-state index contributed by atoms with van der Waals surface area (Å²) < 4.78 is 6.58. The lowest BCUT2D eigenvalue weighted by atomic mass is 10.1. The van der Waals surface area contributed by atoms with Gasteiger partial charge in [-0.3, -0.25) is 5.01 Å². The zero-order chi connectivity index (χ0) is 19.4. The highest BCUT2D eigenvalue weighted by atomic mass is 79.9. The topological polar surface area (TPSA) is 108 Å². The molecular weight excluding hydrogens is 487 g/mol. The van der Waals surface area contributed by atoms with Gasteiger partial charge in [0.1, 0.15) is 0 Å². The third kappa shape index (κ3) is 4.50. The highest BCUT2D eigenvalue weighted by molar-refractivity contribution is 9.13. The van der Waals surface area contributed by atoms with Crippen molar-refractivity contribution in [2.45, 2.75) is 6.92 Å². The molecule has 9 heteroatoms. The van der Waals surface area contributed by atoms with Gasteiger partial charge in [-0.15, -0.1) is 0 Å². The van der Waals surface area contributed by atoms with E-state index in [-0.39, 0.29) is 18.0 Å². The summed E-state index contributed by atoms with van der Waals surface area (Å²) in [6.07, 6.45) is 0. The van der Waals surface area contributed by atoms with Crippen LogP contribution < -0.4 is 22.3 Å². The van der Waals surface area contributed by atoms with Gasteiger partial charge in [0.05, 0.1) is 23.7 Å². The fraction of sp³-hybridized carbons (Fsp3) is 0.118. The first-order valence-electron chi connectivity index (χ1n) is 7.48. The number of hydrogen-bond acceptors (Lipinski definition) is 6. The highest BCUT2D eigenvalue weighted by Crippen LogP contribution is 2.35. The number of nitrogens with two attached hydrogens (primary N) is 3. The Balaban J connectivity index is 2.63. The number of ether oxygens (including phenoxy) is 1. The summed E-state index contributed by atoms with van der Waals surface area (Å²) in [4.78, 5) is 12.5. The molecule has 0 bridgehead atoms. The van der Waals surface area contributed by atoms with Crippen molar-refractivity contribution < 1.29 is 9.53 Å². The number of hydrogen-bond donors (Lipinski definition) is 3. The maximum Gasteiger partial charge on any atom is 0.358 e. The Morgan fingerprint density at radius 3 is 2.50 bits per heavy atom. The average Bonchev–Trinajstić information content (AvgIpc) is 2.58. The smallest absolute Gasteiger partial charge is 0.358 e. The Labute approximate surface area is 173 Å². The maximum absolute atomic E-state index is 12.5. The molecule has 2 rings (SSSR count). The number of carbonyl (C=O) groups is 1. The lowest BCUT2D eigenvalue weighted by Gasteiger charge is -2.24. The van der Waals surface area contributed by atoms with Crippen molar-refractivity contribution in [2.75, 3.05) is 17.3 Å². The largest absolute Gasteiger partial charge is 0.461 e. The Hall–Kier alpha value is -1.74. The summed E-state index contributed by atoms with van der Waals surface area (Å²) in [5.41, 5.74) is 13.6. The molecule has 0 aliphatic rings. The molecule has 0 aliphatic heterocycles. The van der Waals surface area contributed by atoms with E-state index in [1.54, 1.807) is 43.3 Å². The first-order chi connectivity index (χ1) is 12.3. The molecular formula is C17H17Br2ClN4O2. The molecule has 6 N–H and O–H groups in total. The number of halogens is 3. The van der Waals surface area contributed by atoms with Crippen LogP contribution in [-0.2, 0) is 9.53 Å². The number of hydrazine groups is 1. The van der Waals surface area contributed by atoms with Crippen LogP contribution in [0.1, 0.15) is 12.5 Å². The molecule has 26 heavy (non-hydrogen) atoms. The molecule has 0 saturated carbocycles. The molecule has 2 aromatic rings. The summed E-state index contributed by atoms with van der Waals surface area (Å²) in [6, 6.07) is 10.1. The van der Waals surface area contributed by atoms with Crippen LogP contribution in [0, 0.1) is 0 Å². The van der Waals surface area contributed by atoms with Gasteiger partial charge in [0.15, 0.2) is 5.70 Å². The van der Waals surface area contributed by atoms with E-state index in [9.17, 15) is 4.79 Å². The zero-order valence-corrected chi connectivity index (χ0v) is 17.7. The van der Waals surface area contributed by atoms with Crippen LogP contribution in [0.4, 0.5) is 11.4 Å². The van der Waals surface area contributed by atoms with Crippen LogP contribution in [0.5, 0.6) is 0 Å². The molecule has 0 amide bonds. The molecule has 0 heterocycles. The molecule has 138 valence electrons. The fourth-order valence-electron chi connectivity index (χ4n) is 2.21. The predicted octanol–water partition coefficient (Wildman–Crippen LogP) is 4.02. The third-order valence-corrected chi connectivity index (χ3v) is 5.51. The van der Waals surface area contributed by atoms with Gasteiger partial charge in [-0.05, 0) is 63.0 Å². The minimum Gasteiger partial charge on any atom is -0.461 e. The summed E-state index contributed by atoms with van der Waals surface area (Å²) in [7, 11) is 0. The van der Waals surface area contributed by atoms with Crippen LogP contribution in [0.2, 0.25) is 5.02 Å². The molecule has 0 atom stereocenters. The molecule has 2 aromatic carbocycles. The van der Waals surface area contributed by atoms with Gasteiger partial charge < -0.3 is 16.2 Å². The van der Waals surface area contributed by atoms with Crippen molar-refractivity contribution in [2.24, 2.45) is 11.6 Å². The average molecular weight is 505 g/mol. The van der Waals surface area contributed by atoms with Crippen molar-refractivity contribution in [1.82, 2.24) is 0 Å². The van der Waals surface area contributed by atoms with Gasteiger partial charge in [0.25, 0.3) is 0 Å². The Morgan fingerprint density at radius 2 is 1.88 bits per heavy atom. The standard InChI is InChI=1S/C17H17Br2ClN4O2/c1-2-26-17(25)16(15(22)9-4-3-5-10(20)6-9)24(23)14-8-12(19)11(18)7-13(14)21/h3-8H,2,21-23H2,1H3/b16-15+. The number of nitrogen functional groups attached to an aromatic ring is 1. The van der Waals surface area contributed by atoms with Crippen LogP contribution in [0.15, 0.2) is 51.0 Å². The summed E-state index contributed by atoms with van der Waals surface area (Å²) in [6.45, 7) is 1.86. The van der Waals surface area contributed by atoms with E-state index in [0.29, 0.717) is 26.4 Å². The Bertz CT molecular complexity index is 874. The number of rotatable bonds is 5. The third-order valence-electron chi connectivity index (χ3n) is 3.43. The van der Waals surface area contributed by atoms with Crippen molar-refractivity contribution in [3.63, 3.8) is 0 Å². The fourth-order valence-corrected chi connectivity index (χ4v) is 3.09. The second-order valence-electron chi connectivity index (χ2n) is 5.19. The van der Waals surface area contributed by atoms with Gasteiger partial charge in [-0.25, -0.2) is 10.6 Å². The molecule has 0 spiro atoms. The normalized spacial score (nSPS) is 11.7. The van der Waals surface area contributed by atoms with E-state index in [2.05, 4.69) is 31.9 Å². The maximum atomic E-state index is 12.5. The van der Waals surface area contributed by atoms with E-state index in [0.717, 1.165) is 9.48 Å². The van der Waals surface area contributed by atoms with Crippen LogP contribution in [-0.4, -0.2) is 12.6 Å². The van der Waals surface area contributed by atoms with E-state index < -0.39 is 5.97 Å². The predicted molar refractivity (Wildman–Crippen MR) is 112 cm³/mol. The lowest BCUT2D eigenvalue weighted by Crippen LogP contribution is -2.37. The van der Waals surface area contributed by atoms with Gasteiger partial charge in [-0.2, -0.15) is 0 Å². The molecule has 0 fully saturated rings. The minimum absolute atomic E-state index is 0.0463. The molecule has 0 aliphatic carbocycles. The SMILES string of the molecule is CCOC(=O)/C(=C(\N)c1cccc(Cl)c1)N(N)c1cc(Br)c(Br)cc1N. The van der Waals surface area contributed by atoms with E-state index in [1.165, 1.54) is 0 Å². The van der Waals surface area contributed by atoms with Crippen molar-refractivity contribution in [3.8, 4) is 0 Å². The van der Waals surface area contributed by atoms with E-state index in [4.69, 9.17) is 33.6 Å². The summed E-state index contributed by atoms with van der Waals surface area (Å²) in [5.74, 6) is 5.54. The zero-order valence-electron chi connectivity index (χ0n) is 13.8. The molecule has 0 unspecified atom stereocenters. The number of carbonyl (C=O) groups excluding carboxylic acids is 1. The second kappa shape index (κ2) is 8.77. The summed E-state index contributed by atoms with van der Waals surface area (Å²) >= 11 is 12.8. The monoisotopic (exact) mass is 502 g/mol. The summed E-state index contributed by atoms with van der Waals surface area (Å²) in [5, 5.41) is 1.59. The van der Waals surface area contributed by atoms with Crippen molar-refractivity contribution in [1.29, 1.82) is 0 Å². The quantitative estimate of drug-likeness (QED) is 0.187. The van der Waals surface area contributed by atoms with Gasteiger partial charge in [-0.1, -0.05) is 23.7 Å². The van der Waals surface area contributed by atoms with Gasteiger partial charge >= 0.3 is 5.97 Å².